The van der Waals surface area contributed by atoms with Crippen molar-refractivity contribution >= 4 is 28.9 Å². The van der Waals surface area contributed by atoms with E-state index in [4.69, 9.17) is 31.5 Å². The van der Waals surface area contributed by atoms with Gasteiger partial charge in [0.1, 0.15) is 5.75 Å². The third-order valence-electron chi connectivity index (χ3n) is 7.07. The standard InChI is InChI=1S/C27H36ClN3O4/c1-18-4-8-22(26(29)32)25(19(2)5-6-20(28)16-18)30-21-7-9-24(33-3)23(17-21)31-12-10-27(11-13-31)34-14-15-35-27/h6-7,9,16-17,19,30H,4-5,8,10-15H2,1-3H3,(H2,29,32)/b18-16+,20-6-,25-22-. The molecule has 4 rings (SSSR count). The van der Waals surface area contributed by atoms with Crippen LogP contribution < -0.4 is 20.7 Å². The first-order valence-corrected chi connectivity index (χ1v) is 12.7. The van der Waals surface area contributed by atoms with Gasteiger partial charge in [0.2, 0.25) is 5.91 Å². The highest BCUT2D eigenvalue weighted by Crippen LogP contribution is 2.38. The molecule has 7 nitrogen and oxygen atoms in total. The monoisotopic (exact) mass is 501 g/mol. The predicted octanol–water partition coefficient (Wildman–Crippen LogP) is 5.08. The molecule has 1 amide bonds. The van der Waals surface area contributed by atoms with Crippen molar-refractivity contribution in [2.75, 3.05) is 43.6 Å². The van der Waals surface area contributed by atoms with Crippen molar-refractivity contribution in [3.8, 4) is 5.75 Å². The molecule has 8 heteroatoms. The number of carbonyl (C=O) groups is 1. The van der Waals surface area contributed by atoms with Crippen LogP contribution in [0.5, 0.6) is 5.75 Å². The van der Waals surface area contributed by atoms with Crippen LogP contribution in [0.2, 0.25) is 0 Å². The Labute approximate surface area is 212 Å². The summed E-state index contributed by atoms with van der Waals surface area (Å²) in [6, 6.07) is 6.02. The van der Waals surface area contributed by atoms with Gasteiger partial charge < -0.3 is 30.2 Å². The first-order chi connectivity index (χ1) is 16.8. The van der Waals surface area contributed by atoms with Crippen molar-refractivity contribution in [1.82, 2.24) is 0 Å². The first-order valence-electron chi connectivity index (χ1n) is 12.3. The number of hydrogen-bond donors (Lipinski definition) is 2. The van der Waals surface area contributed by atoms with Gasteiger partial charge >= 0.3 is 0 Å². The zero-order chi connectivity index (χ0) is 25.0. The van der Waals surface area contributed by atoms with Gasteiger partial charge in [-0.25, -0.2) is 0 Å². The fourth-order valence-corrected chi connectivity index (χ4v) is 5.30. The van der Waals surface area contributed by atoms with Gasteiger partial charge in [0.05, 0.1) is 26.0 Å². The molecule has 0 radical (unpaired) electrons. The molecule has 1 aromatic carbocycles. The quantitative estimate of drug-likeness (QED) is 0.585. The second kappa shape index (κ2) is 11.1. The highest BCUT2D eigenvalue weighted by Gasteiger charge is 2.40. The fraction of sp³-hybridized carbons (Fsp3) is 0.519. The van der Waals surface area contributed by atoms with Gasteiger partial charge in [0.15, 0.2) is 5.79 Å². The molecule has 0 saturated carbocycles. The molecule has 1 aliphatic carbocycles. The molecule has 2 fully saturated rings. The number of nitrogens with two attached hydrogens (primary N) is 1. The number of ether oxygens (including phenoxy) is 3. The first kappa shape index (κ1) is 25.6. The Bertz CT molecular complexity index is 1030. The van der Waals surface area contributed by atoms with E-state index in [0.717, 1.165) is 59.4 Å². The number of methoxy groups -OCH3 is 1. The number of hydrogen-bond acceptors (Lipinski definition) is 6. The van der Waals surface area contributed by atoms with E-state index in [9.17, 15) is 4.79 Å². The van der Waals surface area contributed by atoms with Crippen LogP contribution >= 0.6 is 11.6 Å². The van der Waals surface area contributed by atoms with Gasteiger partial charge in [0.25, 0.3) is 0 Å². The van der Waals surface area contributed by atoms with E-state index in [-0.39, 0.29) is 5.92 Å². The summed E-state index contributed by atoms with van der Waals surface area (Å²) in [7, 11) is 1.68. The molecule has 3 aliphatic rings. The van der Waals surface area contributed by atoms with Crippen LogP contribution in [0.15, 0.2) is 52.2 Å². The number of primary amides is 1. The molecule has 35 heavy (non-hydrogen) atoms. The Morgan fingerprint density at radius 1 is 1.23 bits per heavy atom. The zero-order valence-electron chi connectivity index (χ0n) is 20.9. The minimum absolute atomic E-state index is 0.0371. The Morgan fingerprint density at radius 2 is 1.94 bits per heavy atom. The average Bonchev–Trinajstić information content (AvgIpc) is 3.29. The maximum absolute atomic E-state index is 12.5. The molecule has 1 aromatic rings. The zero-order valence-corrected chi connectivity index (χ0v) is 21.6. The smallest absolute Gasteiger partial charge is 0.246 e. The van der Waals surface area contributed by atoms with Gasteiger partial charge in [-0.2, -0.15) is 0 Å². The molecule has 1 spiro atoms. The summed E-state index contributed by atoms with van der Waals surface area (Å²) in [6.07, 6.45) is 7.55. The minimum atomic E-state index is -0.437. The lowest BCUT2D eigenvalue weighted by molar-refractivity contribution is -0.169. The Kier molecular flexibility index (Phi) is 8.09. The summed E-state index contributed by atoms with van der Waals surface area (Å²) in [5.41, 5.74) is 10.3. The molecule has 1 unspecified atom stereocenters. The van der Waals surface area contributed by atoms with Crippen LogP contribution in [0.1, 0.15) is 46.0 Å². The number of carbonyl (C=O) groups excluding carboxylic acids is 1. The third kappa shape index (κ3) is 6.02. The number of piperidine rings is 1. The lowest BCUT2D eigenvalue weighted by Crippen LogP contribution is -2.45. The molecule has 2 aliphatic heterocycles. The van der Waals surface area contributed by atoms with E-state index < -0.39 is 11.7 Å². The van der Waals surface area contributed by atoms with E-state index >= 15 is 0 Å². The van der Waals surface area contributed by atoms with Crippen LogP contribution in [0.25, 0.3) is 0 Å². The van der Waals surface area contributed by atoms with E-state index in [0.29, 0.717) is 38.0 Å². The van der Waals surface area contributed by atoms with Crippen molar-refractivity contribution in [3.05, 3.63) is 52.2 Å². The summed E-state index contributed by atoms with van der Waals surface area (Å²) in [5.74, 6) is 0.0103. The minimum Gasteiger partial charge on any atom is -0.495 e. The number of allylic oxidation sites excluding steroid dienone is 5. The fourth-order valence-electron chi connectivity index (χ4n) is 5.03. The van der Waals surface area contributed by atoms with Gasteiger partial charge in [-0.05, 0) is 50.5 Å². The van der Waals surface area contributed by atoms with Crippen molar-refractivity contribution in [2.24, 2.45) is 11.7 Å². The molecular weight excluding hydrogens is 466 g/mol. The molecule has 0 bridgehead atoms. The summed E-state index contributed by atoms with van der Waals surface area (Å²) in [4.78, 5) is 14.8. The topological polar surface area (TPSA) is 86.0 Å². The van der Waals surface area contributed by atoms with Gasteiger partial charge in [0, 0.05) is 53.8 Å². The third-order valence-corrected chi connectivity index (χ3v) is 7.34. The molecular formula is C27H36ClN3O4. The van der Waals surface area contributed by atoms with Gasteiger partial charge in [-0.1, -0.05) is 30.2 Å². The number of halogens is 1. The maximum atomic E-state index is 12.5. The summed E-state index contributed by atoms with van der Waals surface area (Å²) in [5, 5.41) is 4.27. The summed E-state index contributed by atoms with van der Waals surface area (Å²) in [6.45, 7) is 7.04. The lowest BCUT2D eigenvalue weighted by atomic mass is 9.93. The molecule has 2 heterocycles. The van der Waals surface area contributed by atoms with Crippen molar-refractivity contribution in [3.63, 3.8) is 0 Å². The molecule has 190 valence electrons. The summed E-state index contributed by atoms with van der Waals surface area (Å²) < 4.78 is 17.5. The van der Waals surface area contributed by atoms with Gasteiger partial charge in [-0.15, -0.1) is 0 Å². The van der Waals surface area contributed by atoms with Crippen LogP contribution in [0, 0.1) is 5.92 Å². The van der Waals surface area contributed by atoms with Crippen molar-refractivity contribution < 1.29 is 19.0 Å². The normalized spacial score (nSPS) is 28.1. The number of rotatable bonds is 5. The highest BCUT2D eigenvalue weighted by molar-refractivity contribution is 6.31. The number of nitrogens with zero attached hydrogens (tertiary/aromatic N) is 1. The van der Waals surface area contributed by atoms with E-state index in [1.807, 2.05) is 31.2 Å². The second-order valence-electron chi connectivity index (χ2n) is 9.58. The maximum Gasteiger partial charge on any atom is 0.246 e. The Balaban J connectivity index is 1.61. The van der Waals surface area contributed by atoms with Crippen molar-refractivity contribution in [2.45, 2.75) is 51.7 Å². The summed E-state index contributed by atoms with van der Waals surface area (Å²) >= 11 is 6.39. The van der Waals surface area contributed by atoms with Crippen LogP contribution in [-0.4, -0.2) is 45.1 Å². The van der Waals surface area contributed by atoms with Crippen LogP contribution in [0.4, 0.5) is 11.4 Å². The number of anilines is 2. The van der Waals surface area contributed by atoms with Crippen LogP contribution in [-0.2, 0) is 14.3 Å². The molecule has 1 atom stereocenters. The largest absolute Gasteiger partial charge is 0.495 e. The van der Waals surface area contributed by atoms with E-state index in [2.05, 4.69) is 23.2 Å². The number of benzene rings is 1. The predicted molar refractivity (Wildman–Crippen MR) is 140 cm³/mol. The van der Waals surface area contributed by atoms with Crippen molar-refractivity contribution in [1.29, 1.82) is 0 Å². The number of amides is 1. The Morgan fingerprint density at radius 3 is 2.60 bits per heavy atom. The number of nitrogens with one attached hydrogen (secondary N) is 1. The van der Waals surface area contributed by atoms with Crippen LogP contribution in [0.3, 0.4) is 0 Å². The highest BCUT2D eigenvalue weighted by atomic mass is 35.5. The van der Waals surface area contributed by atoms with E-state index in [1.54, 1.807) is 7.11 Å². The van der Waals surface area contributed by atoms with E-state index in [1.165, 1.54) is 0 Å². The molecule has 0 aromatic heterocycles. The second-order valence-corrected chi connectivity index (χ2v) is 10.0. The van der Waals surface area contributed by atoms with Gasteiger partial charge in [-0.3, -0.25) is 4.79 Å². The lowest BCUT2D eigenvalue weighted by Gasteiger charge is -2.39. The average molecular weight is 502 g/mol. The Hall–Kier alpha value is -2.48. The molecule has 3 N–H and O–H groups in total. The molecule has 2 saturated heterocycles. The SMILES string of the molecule is COc1ccc(N/C2=C(\C(N)=O)CC/C(C)=C/C(Cl)=C/CC2C)cc1N1CCC2(CC1)OCCO2.